The van der Waals surface area contributed by atoms with Crippen molar-refractivity contribution in [2.75, 3.05) is 25.6 Å². The fourth-order valence-corrected chi connectivity index (χ4v) is 1.60. The molecule has 1 aromatic rings. The monoisotopic (exact) mass is 280 g/mol. The summed E-state index contributed by atoms with van der Waals surface area (Å²) in [7, 11) is 1.21. The molecule has 9 heteroatoms. The largest absolute Gasteiger partial charge is 0.464 e. The maximum atomic E-state index is 11.4. The lowest BCUT2D eigenvalue weighted by Crippen LogP contribution is -2.15. The van der Waals surface area contributed by atoms with E-state index in [-0.39, 0.29) is 23.7 Å². The van der Waals surface area contributed by atoms with E-state index < -0.39 is 10.9 Å². The van der Waals surface area contributed by atoms with Gasteiger partial charge in [0.05, 0.1) is 24.3 Å². The van der Waals surface area contributed by atoms with Gasteiger partial charge in [-0.15, -0.1) is 0 Å². The Morgan fingerprint density at radius 1 is 1.60 bits per heavy atom. The molecule has 2 rings (SSSR count). The van der Waals surface area contributed by atoms with Crippen LogP contribution in [0.15, 0.2) is 17.3 Å². The van der Waals surface area contributed by atoms with Gasteiger partial charge in [0, 0.05) is 12.5 Å². The Bertz CT molecular complexity index is 572. The fourth-order valence-electron chi connectivity index (χ4n) is 1.60. The summed E-state index contributed by atoms with van der Waals surface area (Å²) in [5, 5.41) is 17.5. The third-order valence-corrected chi connectivity index (χ3v) is 2.60. The highest BCUT2D eigenvalue weighted by atomic mass is 16.6. The second-order valence-electron chi connectivity index (χ2n) is 3.91. The third kappa shape index (κ3) is 2.99. The molecule has 106 valence electrons. The molecule has 1 aliphatic rings. The van der Waals surface area contributed by atoms with Gasteiger partial charge in [0.15, 0.2) is 5.69 Å². The van der Waals surface area contributed by atoms with Gasteiger partial charge in [-0.05, 0) is 6.07 Å². The molecular weight excluding hydrogens is 268 g/mol. The zero-order chi connectivity index (χ0) is 14.5. The van der Waals surface area contributed by atoms with Gasteiger partial charge in [-0.1, -0.05) is 5.16 Å². The maximum Gasteiger partial charge on any atom is 0.356 e. The van der Waals surface area contributed by atoms with Crippen LogP contribution in [0.5, 0.6) is 0 Å². The molecule has 0 spiro atoms. The van der Waals surface area contributed by atoms with Crippen LogP contribution in [0.2, 0.25) is 0 Å². The highest BCUT2D eigenvalue weighted by molar-refractivity contribution is 5.90. The second-order valence-corrected chi connectivity index (χ2v) is 3.91. The molecular formula is C11H12N4O5. The number of aromatic nitrogens is 1. The topological polar surface area (TPSA) is 116 Å². The highest BCUT2D eigenvalue weighted by Crippen LogP contribution is 2.22. The highest BCUT2D eigenvalue weighted by Gasteiger charge is 2.19. The molecule has 0 fully saturated rings. The van der Waals surface area contributed by atoms with Crippen molar-refractivity contribution >= 4 is 23.2 Å². The van der Waals surface area contributed by atoms with Crippen molar-refractivity contribution in [1.82, 2.24) is 4.98 Å². The van der Waals surface area contributed by atoms with Crippen molar-refractivity contribution in [3.8, 4) is 0 Å². The van der Waals surface area contributed by atoms with Crippen LogP contribution >= 0.6 is 0 Å². The van der Waals surface area contributed by atoms with Gasteiger partial charge in [0.2, 0.25) is 5.82 Å². The molecule has 1 aromatic heterocycles. The van der Waals surface area contributed by atoms with E-state index in [0.29, 0.717) is 13.0 Å². The van der Waals surface area contributed by atoms with Crippen molar-refractivity contribution in [2.45, 2.75) is 6.42 Å². The minimum absolute atomic E-state index is 0.00694. The number of esters is 1. The summed E-state index contributed by atoms with van der Waals surface area (Å²) in [4.78, 5) is 30.4. The minimum Gasteiger partial charge on any atom is -0.464 e. The number of nitro groups is 1. The average Bonchev–Trinajstić information content (AvgIpc) is 2.97. The first-order valence-electron chi connectivity index (χ1n) is 5.77. The number of hydrogen-bond acceptors (Lipinski definition) is 8. The number of nitrogens with zero attached hydrogens (tertiary/aromatic N) is 3. The van der Waals surface area contributed by atoms with E-state index in [1.54, 1.807) is 0 Å². The SMILES string of the molecule is COC(=O)c1ccc([N+](=O)[O-])c(NCC2=NOCC2)n1. The van der Waals surface area contributed by atoms with Crippen molar-refractivity contribution in [2.24, 2.45) is 5.16 Å². The van der Waals surface area contributed by atoms with Crippen LogP contribution < -0.4 is 5.32 Å². The standard InChI is InChI=1S/C11H12N4O5/c1-19-11(16)8-2-3-9(15(17)18)10(13-8)12-6-7-4-5-20-14-7/h2-3H,4-6H2,1H3,(H,12,13). The molecule has 0 amide bonds. The molecule has 0 aliphatic carbocycles. The Kier molecular flexibility index (Phi) is 4.08. The number of nitrogens with one attached hydrogen (secondary N) is 1. The van der Waals surface area contributed by atoms with Crippen LogP contribution in [0, 0.1) is 10.1 Å². The van der Waals surface area contributed by atoms with Crippen molar-refractivity contribution in [3.63, 3.8) is 0 Å². The molecule has 9 nitrogen and oxygen atoms in total. The summed E-state index contributed by atoms with van der Waals surface area (Å²) in [5.74, 6) is -0.669. The lowest BCUT2D eigenvalue weighted by Gasteiger charge is -2.06. The smallest absolute Gasteiger partial charge is 0.356 e. The van der Waals surface area contributed by atoms with E-state index in [1.165, 1.54) is 19.2 Å². The first-order chi connectivity index (χ1) is 9.61. The zero-order valence-corrected chi connectivity index (χ0v) is 10.7. The molecule has 0 bridgehead atoms. The van der Waals surface area contributed by atoms with Crippen LogP contribution in [0.3, 0.4) is 0 Å². The number of hydrogen-bond donors (Lipinski definition) is 1. The molecule has 0 saturated heterocycles. The third-order valence-electron chi connectivity index (χ3n) is 2.60. The van der Waals surface area contributed by atoms with Gasteiger partial charge in [-0.25, -0.2) is 9.78 Å². The summed E-state index contributed by atoms with van der Waals surface area (Å²) >= 11 is 0. The number of anilines is 1. The molecule has 0 unspecified atom stereocenters. The lowest BCUT2D eigenvalue weighted by atomic mass is 10.2. The first-order valence-corrected chi connectivity index (χ1v) is 5.77. The van der Waals surface area contributed by atoms with Crippen molar-refractivity contribution < 1.29 is 19.3 Å². The second kappa shape index (κ2) is 5.95. The van der Waals surface area contributed by atoms with Gasteiger partial charge >= 0.3 is 11.7 Å². The molecule has 20 heavy (non-hydrogen) atoms. The Morgan fingerprint density at radius 3 is 3.00 bits per heavy atom. The minimum atomic E-state index is -0.663. The number of pyridine rings is 1. The molecule has 0 radical (unpaired) electrons. The Morgan fingerprint density at radius 2 is 2.40 bits per heavy atom. The van der Waals surface area contributed by atoms with Crippen molar-refractivity contribution in [3.05, 3.63) is 27.9 Å². The van der Waals surface area contributed by atoms with Gasteiger partial charge in [0.25, 0.3) is 0 Å². The number of methoxy groups -OCH3 is 1. The fraction of sp³-hybridized carbons (Fsp3) is 0.364. The number of carbonyl (C=O) groups excluding carboxylic acids is 1. The van der Waals surface area contributed by atoms with E-state index in [9.17, 15) is 14.9 Å². The van der Waals surface area contributed by atoms with E-state index in [1.807, 2.05) is 0 Å². The molecule has 1 aliphatic heterocycles. The molecule has 0 atom stereocenters. The lowest BCUT2D eigenvalue weighted by molar-refractivity contribution is -0.384. The number of carbonyl (C=O) groups is 1. The summed E-state index contributed by atoms with van der Waals surface area (Å²) in [6.07, 6.45) is 0.650. The molecule has 0 aromatic carbocycles. The normalized spacial score (nSPS) is 13.3. The molecule has 0 saturated carbocycles. The average molecular weight is 280 g/mol. The van der Waals surface area contributed by atoms with Gasteiger partial charge in [-0.3, -0.25) is 10.1 Å². The van der Waals surface area contributed by atoms with Crippen LogP contribution in [0.1, 0.15) is 16.9 Å². The number of rotatable bonds is 5. The van der Waals surface area contributed by atoms with E-state index in [2.05, 4.69) is 20.2 Å². The number of oxime groups is 1. The predicted octanol–water partition coefficient (Wildman–Crippen LogP) is 0.965. The summed E-state index contributed by atoms with van der Waals surface area (Å²) in [6, 6.07) is 2.44. The maximum absolute atomic E-state index is 11.4. The van der Waals surface area contributed by atoms with E-state index in [4.69, 9.17) is 4.84 Å². The molecule has 1 N–H and O–H groups in total. The zero-order valence-electron chi connectivity index (χ0n) is 10.7. The first kappa shape index (κ1) is 13.7. The Balaban J connectivity index is 2.21. The Labute approximate surface area is 113 Å². The van der Waals surface area contributed by atoms with E-state index in [0.717, 1.165) is 5.71 Å². The van der Waals surface area contributed by atoms with Crippen LogP contribution in [0.25, 0.3) is 0 Å². The van der Waals surface area contributed by atoms with E-state index >= 15 is 0 Å². The van der Waals surface area contributed by atoms with Crippen LogP contribution in [-0.2, 0) is 9.57 Å². The van der Waals surface area contributed by atoms with Crippen LogP contribution in [-0.4, -0.2) is 41.8 Å². The number of ether oxygens (including phenoxy) is 1. The summed E-state index contributed by atoms with van der Waals surface area (Å²) in [5.41, 5.74) is 0.493. The van der Waals surface area contributed by atoms with Crippen molar-refractivity contribution in [1.29, 1.82) is 0 Å². The quantitative estimate of drug-likeness (QED) is 0.485. The predicted molar refractivity (Wildman–Crippen MR) is 68.7 cm³/mol. The Hall–Kier alpha value is -2.71. The van der Waals surface area contributed by atoms with Crippen LogP contribution in [0.4, 0.5) is 11.5 Å². The summed E-state index contributed by atoms with van der Waals surface area (Å²) < 4.78 is 4.53. The van der Waals surface area contributed by atoms with Gasteiger partial charge in [-0.2, -0.15) is 0 Å². The summed E-state index contributed by atoms with van der Waals surface area (Å²) in [6.45, 7) is 0.757. The van der Waals surface area contributed by atoms with Gasteiger partial charge in [0.1, 0.15) is 6.61 Å². The molecule has 2 heterocycles. The van der Waals surface area contributed by atoms with Gasteiger partial charge < -0.3 is 14.9 Å².